The van der Waals surface area contributed by atoms with E-state index in [1.165, 1.54) is 11.5 Å². The predicted octanol–water partition coefficient (Wildman–Crippen LogP) is 1.44. The molecule has 0 bridgehead atoms. The van der Waals surface area contributed by atoms with Crippen LogP contribution in [0.4, 0.5) is 0 Å². The predicted molar refractivity (Wildman–Crippen MR) is 59.2 cm³/mol. The van der Waals surface area contributed by atoms with Gasteiger partial charge in [-0.3, -0.25) is 4.90 Å². The summed E-state index contributed by atoms with van der Waals surface area (Å²) < 4.78 is 0. The molecule has 1 N–H and O–H groups in total. The van der Waals surface area contributed by atoms with Crippen LogP contribution in [0.2, 0.25) is 0 Å². The highest BCUT2D eigenvalue weighted by molar-refractivity contribution is 7.99. The first-order valence-electron chi connectivity index (χ1n) is 5.20. The Labute approximate surface area is 85.7 Å². The molecule has 1 rings (SSSR count). The van der Waals surface area contributed by atoms with Gasteiger partial charge in [-0.1, -0.05) is 13.8 Å². The number of aliphatic hydroxyl groups is 1. The molecule has 0 aliphatic carbocycles. The third kappa shape index (κ3) is 4.34. The van der Waals surface area contributed by atoms with Crippen molar-refractivity contribution < 1.29 is 5.11 Å². The van der Waals surface area contributed by atoms with Crippen molar-refractivity contribution in [2.45, 2.75) is 26.4 Å². The van der Waals surface area contributed by atoms with Crippen LogP contribution in [0.1, 0.15) is 20.3 Å². The SMILES string of the molecule is CCC(O)CN1CCSCC(C)C1. The molecular weight excluding hydrogens is 182 g/mol. The van der Waals surface area contributed by atoms with Crippen LogP contribution in [0, 0.1) is 5.92 Å². The summed E-state index contributed by atoms with van der Waals surface area (Å²) in [6.45, 7) is 7.50. The Morgan fingerprint density at radius 1 is 1.62 bits per heavy atom. The summed E-state index contributed by atoms with van der Waals surface area (Å²) in [6, 6.07) is 0. The standard InChI is InChI=1S/C10H21NOS/c1-3-10(12)7-11-4-5-13-8-9(2)6-11/h9-10,12H,3-8H2,1-2H3. The van der Waals surface area contributed by atoms with Gasteiger partial charge >= 0.3 is 0 Å². The molecule has 1 saturated heterocycles. The molecule has 1 fully saturated rings. The zero-order chi connectivity index (χ0) is 9.68. The molecule has 0 aromatic carbocycles. The number of hydrogen-bond donors (Lipinski definition) is 1. The minimum atomic E-state index is -0.129. The topological polar surface area (TPSA) is 23.5 Å². The first-order chi connectivity index (χ1) is 6.22. The Morgan fingerprint density at radius 3 is 3.08 bits per heavy atom. The molecule has 1 aliphatic heterocycles. The maximum absolute atomic E-state index is 9.54. The maximum atomic E-state index is 9.54. The molecule has 0 radical (unpaired) electrons. The fraction of sp³-hybridized carbons (Fsp3) is 1.00. The highest BCUT2D eigenvalue weighted by Crippen LogP contribution is 2.15. The highest BCUT2D eigenvalue weighted by Gasteiger charge is 2.16. The maximum Gasteiger partial charge on any atom is 0.0664 e. The zero-order valence-electron chi connectivity index (χ0n) is 8.70. The lowest BCUT2D eigenvalue weighted by atomic mass is 10.2. The summed E-state index contributed by atoms with van der Waals surface area (Å²) in [5.74, 6) is 3.27. The second-order valence-electron chi connectivity index (χ2n) is 4.00. The first-order valence-corrected chi connectivity index (χ1v) is 6.36. The zero-order valence-corrected chi connectivity index (χ0v) is 9.52. The normalized spacial score (nSPS) is 28.4. The molecule has 0 aromatic heterocycles. The van der Waals surface area contributed by atoms with Crippen molar-refractivity contribution in [3.05, 3.63) is 0 Å². The quantitative estimate of drug-likeness (QED) is 0.751. The van der Waals surface area contributed by atoms with Crippen LogP contribution in [0.5, 0.6) is 0 Å². The molecule has 0 aromatic rings. The van der Waals surface area contributed by atoms with E-state index in [0.717, 1.165) is 32.0 Å². The van der Waals surface area contributed by atoms with E-state index in [2.05, 4.69) is 11.8 Å². The molecule has 1 heterocycles. The second-order valence-corrected chi connectivity index (χ2v) is 5.15. The summed E-state index contributed by atoms with van der Waals surface area (Å²) in [5, 5.41) is 9.54. The van der Waals surface area contributed by atoms with E-state index in [9.17, 15) is 5.11 Å². The number of β-amino-alcohol motifs (C(OH)–C–C–N with tert-alkyl or cyclic N) is 1. The number of thioether (sulfide) groups is 1. The van der Waals surface area contributed by atoms with Gasteiger partial charge in [-0.2, -0.15) is 11.8 Å². The van der Waals surface area contributed by atoms with Gasteiger partial charge in [0.25, 0.3) is 0 Å². The van der Waals surface area contributed by atoms with Crippen LogP contribution in [0.3, 0.4) is 0 Å². The van der Waals surface area contributed by atoms with Crippen molar-refractivity contribution in [2.24, 2.45) is 5.92 Å². The minimum absolute atomic E-state index is 0.129. The number of rotatable bonds is 3. The molecule has 2 atom stereocenters. The van der Waals surface area contributed by atoms with Gasteiger partial charge in [0.05, 0.1) is 6.10 Å². The van der Waals surface area contributed by atoms with Crippen LogP contribution in [0.25, 0.3) is 0 Å². The summed E-state index contributed by atoms with van der Waals surface area (Å²) in [7, 11) is 0. The van der Waals surface area contributed by atoms with E-state index in [1.54, 1.807) is 0 Å². The monoisotopic (exact) mass is 203 g/mol. The Morgan fingerprint density at radius 2 is 2.38 bits per heavy atom. The molecular formula is C10H21NOS. The fourth-order valence-electron chi connectivity index (χ4n) is 1.66. The number of aliphatic hydroxyl groups excluding tert-OH is 1. The third-order valence-electron chi connectivity index (χ3n) is 2.46. The van der Waals surface area contributed by atoms with E-state index in [4.69, 9.17) is 0 Å². The van der Waals surface area contributed by atoms with Crippen molar-refractivity contribution in [1.29, 1.82) is 0 Å². The molecule has 0 saturated carbocycles. The van der Waals surface area contributed by atoms with Crippen LogP contribution in [-0.4, -0.2) is 47.3 Å². The minimum Gasteiger partial charge on any atom is -0.392 e. The van der Waals surface area contributed by atoms with E-state index < -0.39 is 0 Å². The molecule has 3 heteroatoms. The van der Waals surface area contributed by atoms with Gasteiger partial charge in [0, 0.05) is 25.4 Å². The van der Waals surface area contributed by atoms with Gasteiger partial charge in [0.15, 0.2) is 0 Å². The summed E-state index contributed by atoms with van der Waals surface area (Å²) in [4.78, 5) is 2.40. The average molecular weight is 203 g/mol. The van der Waals surface area contributed by atoms with Crippen molar-refractivity contribution in [3.8, 4) is 0 Å². The smallest absolute Gasteiger partial charge is 0.0664 e. The summed E-state index contributed by atoms with van der Waals surface area (Å²) in [5.41, 5.74) is 0. The molecule has 13 heavy (non-hydrogen) atoms. The first kappa shape index (κ1) is 11.3. The van der Waals surface area contributed by atoms with Crippen LogP contribution < -0.4 is 0 Å². The lowest BCUT2D eigenvalue weighted by Crippen LogP contribution is -2.35. The van der Waals surface area contributed by atoms with Gasteiger partial charge in [-0.25, -0.2) is 0 Å². The van der Waals surface area contributed by atoms with E-state index in [0.29, 0.717) is 0 Å². The van der Waals surface area contributed by atoms with Crippen LogP contribution in [0.15, 0.2) is 0 Å². The molecule has 1 aliphatic rings. The molecule has 2 unspecified atom stereocenters. The Kier molecular flexibility index (Phi) is 5.14. The number of hydrogen-bond acceptors (Lipinski definition) is 3. The largest absolute Gasteiger partial charge is 0.392 e. The Bertz CT molecular complexity index is 143. The van der Waals surface area contributed by atoms with Crippen LogP contribution >= 0.6 is 11.8 Å². The van der Waals surface area contributed by atoms with Gasteiger partial charge in [-0.15, -0.1) is 0 Å². The van der Waals surface area contributed by atoms with E-state index in [-0.39, 0.29) is 6.10 Å². The molecule has 78 valence electrons. The average Bonchev–Trinajstić information content (AvgIpc) is 2.30. The molecule has 2 nitrogen and oxygen atoms in total. The number of nitrogens with zero attached hydrogens (tertiary/aromatic N) is 1. The fourth-order valence-corrected chi connectivity index (χ4v) is 2.72. The van der Waals surface area contributed by atoms with Crippen molar-refractivity contribution in [2.75, 3.05) is 31.1 Å². The van der Waals surface area contributed by atoms with Gasteiger partial charge in [0.2, 0.25) is 0 Å². The lowest BCUT2D eigenvalue weighted by molar-refractivity contribution is 0.108. The molecule has 0 amide bonds. The van der Waals surface area contributed by atoms with Gasteiger partial charge in [0.1, 0.15) is 0 Å². The van der Waals surface area contributed by atoms with E-state index >= 15 is 0 Å². The van der Waals surface area contributed by atoms with Gasteiger partial charge < -0.3 is 5.11 Å². The lowest BCUT2D eigenvalue weighted by Gasteiger charge is -2.24. The van der Waals surface area contributed by atoms with Gasteiger partial charge in [-0.05, 0) is 18.1 Å². The Balaban J connectivity index is 2.30. The Hall–Kier alpha value is 0.270. The van der Waals surface area contributed by atoms with Crippen molar-refractivity contribution >= 4 is 11.8 Å². The second kappa shape index (κ2) is 5.89. The summed E-state index contributed by atoms with van der Waals surface area (Å²) >= 11 is 2.04. The van der Waals surface area contributed by atoms with Crippen molar-refractivity contribution in [1.82, 2.24) is 4.90 Å². The third-order valence-corrected chi connectivity index (χ3v) is 3.74. The highest BCUT2D eigenvalue weighted by atomic mass is 32.2. The van der Waals surface area contributed by atoms with E-state index in [1.807, 2.05) is 18.7 Å². The van der Waals surface area contributed by atoms with Crippen LogP contribution in [-0.2, 0) is 0 Å². The summed E-state index contributed by atoms with van der Waals surface area (Å²) in [6.07, 6.45) is 0.744. The molecule has 0 spiro atoms. The van der Waals surface area contributed by atoms with Crippen molar-refractivity contribution in [3.63, 3.8) is 0 Å².